The van der Waals surface area contributed by atoms with E-state index in [1.807, 2.05) is 30.3 Å². The number of benzene rings is 1. The van der Waals surface area contributed by atoms with Gasteiger partial charge in [0.15, 0.2) is 0 Å². The van der Waals surface area contributed by atoms with E-state index in [2.05, 4.69) is 4.90 Å². The Kier molecular flexibility index (Phi) is 8.91. The van der Waals surface area contributed by atoms with Crippen molar-refractivity contribution in [3.63, 3.8) is 0 Å². The molecule has 0 spiro atoms. The summed E-state index contributed by atoms with van der Waals surface area (Å²) in [6.45, 7) is 6.18. The van der Waals surface area contributed by atoms with E-state index >= 15 is 0 Å². The van der Waals surface area contributed by atoms with Crippen molar-refractivity contribution in [3.8, 4) is 0 Å². The van der Waals surface area contributed by atoms with Gasteiger partial charge in [-0.1, -0.05) is 30.3 Å². The Balaban J connectivity index is 2.52. The molecule has 0 unspecified atom stereocenters. The van der Waals surface area contributed by atoms with Crippen molar-refractivity contribution < 1.29 is 19.1 Å². The average molecular weight is 307 g/mol. The lowest BCUT2D eigenvalue weighted by Gasteiger charge is -2.21. The average Bonchev–Trinajstić information content (AvgIpc) is 2.51. The van der Waals surface area contributed by atoms with Gasteiger partial charge in [0.05, 0.1) is 26.1 Å². The predicted molar refractivity (Wildman–Crippen MR) is 84.2 cm³/mol. The molecule has 5 nitrogen and oxygen atoms in total. The first-order valence-electron chi connectivity index (χ1n) is 7.73. The van der Waals surface area contributed by atoms with Crippen LogP contribution in [0.5, 0.6) is 0 Å². The highest BCUT2D eigenvalue weighted by Gasteiger charge is 2.12. The van der Waals surface area contributed by atoms with Crippen LogP contribution in [-0.4, -0.2) is 43.1 Å². The number of esters is 2. The third-order valence-corrected chi connectivity index (χ3v) is 3.12. The minimum atomic E-state index is -0.211. The summed E-state index contributed by atoms with van der Waals surface area (Å²) in [6.07, 6.45) is 0.646. The molecule has 0 bridgehead atoms. The molecule has 0 saturated heterocycles. The van der Waals surface area contributed by atoms with Crippen LogP contribution in [0, 0.1) is 0 Å². The van der Waals surface area contributed by atoms with Gasteiger partial charge in [0.1, 0.15) is 0 Å². The molecule has 1 aromatic rings. The van der Waals surface area contributed by atoms with Crippen LogP contribution in [0.4, 0.5) is 0 Å². The van der Waals surface area contributed by atoms with E-state index in [1.165, 1.54) is 0 Å². The predicted octanol–water partition coefficient (Wildman–Crippen LogP) is 2.40. The summed E-state index contributed by atoms with van der Waals surface area (Å²) in [5, 5.41) is 0. The highest BCUT2D eigenvalue weighted by Crippen LogP contribution is 2.07. The number of ether oxygens (including phenoxy) is 2. The quantitative estimate of drug-likeness (QED) is 0.621. The molecular formula is C17H25NO4. The Morgan fingerprint density at radius 2 is 1.41 bits per heavy atom. The molecule has 0 fully saturated rings. The van der Waals surface area contributed by atoms with E-state index in [-0.39, 0.29) is 11.9 Å². The van der Waals surface area contributed by atoms with Crippen molar-refractivity contribution in [3.05, 3.63) is 35.9 Å². The fourth-order valence-corrected chi connectivity index (χ4v) is 2.08. The summed E-state index contributed by atoms with van der Waals surface area (Å²) in [7, 11) is 0. The molecule has 0 aliphatic carbocycles. The first kappa shape index (κ1) is 18.2. The van der Waals surface area contributed by atoms with Gasteiger partial charge in [-0.2, -0.15) is 0 Å². The summed E-state index contributed by atoms with van der Waals surface area (Å²) in [4.78, 5) is 25.1. The normalized spacial score (nSPS) is 10.5. The zero-order chi connectivity index (χ0) is 16.2. The number of rotatable bonds is 10. The van der Waals surface area contributed by atoms with Crippen molar-refractivity contribution in [2.24, 2.45) is 0 Å². The van der Waals surface area contributed by atoms with Crippen molar-refractivity contribution >= 4 is 11.9 Å². The summed E-state index contributed by atoms with van der Waals surface area (Å²) >= 11 is 0. The number of carbonyl (C=O) groups excluding carboxylic acids is 2. The van der Waals surface area contributed by atoms with E-state index in [0.717, 1.165) is 5.56 Å². The largest absolute Gasteiger partial charge is 0.466 e. The number of hydrogen-bond acceptors (Lipinski definition) is 5. The SMILES string of the molecule is CCOC(=O)CCN(CCC(=O)OCC)Cc1ccccc1. The number of hydrogen-bond donors (Lipinski definition) is 0. The Morgan fingerprint density at radius 3 is 1.86 bits per heavy atom. The van der Waals surface area contributed by atoms with Crippen LogP contribution in [0.1, 0.15) is 32.3 Å². The molecule has 1 rings (SSSR count). The maximum absolute atomic E-state index is 11.5. The topological polar surface area (TPSA) is 55.8 Å². The van der Waals surface area contributed by atoms with Gasteiger partial charge in [0, 0.05) is 19.6 Å². The van der Waals surface area contributed by atoms with E-state index in [0.29, 0.717) is 45.7 Å². The molecule has 22 heavy (non-hydrogen) atoms. The van der Waals surface area contributed by atoms with Crippen LogP contribution in [-0.2, 0) is 25.6 Å². The molecule has 5 heteroatoms. The molecule has 0 aliphatic rings. The first-order chi connectivity index (χ1) is 10.7. The molecule has 0 saturated carbocycles. The Bertz CT molecular complexity index is 425. The second-order valence-electron chi connectivity index (χ2n) is 4.87. The molecule has 0 aliphatic heterocycles. The van der Waals surface area contributed by atoms with E-state index < -0.39 is 0 Å². The standard InChI is InChI=1S/C17H25NO4/c1-3-21-16(19)10-12-18(13-11-17(20)22-4-2)14-15-8-6-5-7-9-15/h5-9H,3-4,10-14H2,1-2H3. The van der Waals surface area contributed by atoms with Crippen molar-refractivity contribution in [1.29, 1.82) is 0 Å². The minimum absolute atomic E-state index is 0.211. The third-order valence-electron chi connectivity index (χ3n) is 3.12. The molecule has 122 valence electrons. The molecule has 0 radical (unpaired) electrons. The van der Waals surface area contributed by atoms with E-state index in [4.69, 9.17) is 9.47 Å². The monoisotopic (exact) mass is 307 g/mol. The highest BCUT2D eigenvalue weighted by atomic mass is 16.5. The molecular weight excluding hydrogens is 282 g/mol. The minimum Gasteiger partial charge on any atom is -0.466 e. The molecule has 0 atom stereocenters. The second kappa shape index (κ2) is 10.8. The zero-order valence-corrected chi connectivity index (χ0v) is 13.4. The van der Waals surface area contributed by atoms with Crippen LogP contribution < -0.4 is 0 Å². The first-order valence-corrected chi connectivity index (χ1v) is 7.73. The van der Waals surface area contributed by atoms with Gasteiger partial charge in [-0.15, -0.1) is 0 Å². The van der Waals surface area contributed by atoms with Gasteiger partial charge < -0.3 is 9.47 Å². The van der Waals surface area contributed by atoms with Crippen molar-refractivity contribution in [2.75, 3.05) is 26.3 Å². The fraction of sp³-hybridized carbons (Fsp3) is 0.529. The lowest BCUT2D eigenvalue weighted by Crippen LogP contribution is -2.29. The second-order valence-corrected chi connectivity index (χ2v) is 4.87. The summed E-state index contributed by atoms with van der Waals surface area (Å²) in [6, 6.07) is 9.98. The Labute approximate surface area is 132 Å². The molecule has 1 aromatic carbocycles. The van der Waals surface area contributed by atoms with Crippen LogP contribution in [0.25, 0.3) is 0 Å². The molecule has 0 aromatic heterocycles. The van der Waals surface area contributed by atoms with Gasteiger partial charge in [0.2, 0.25) is 0 Å². The van der Waals surface area contributed by atoms with E-state index in [9.17, 15) is 9.59 Å². The molecule has 0 heterocycles. The maximum Gasteiger partial charge on any atom is 0.307 e. The number of nitrogens with zero attached hydrogens (tertiary/aromatic N) is 1. The van der Waals surface area contributed by atoms with Gasteiger partial charge in [-0.05, 0) is 19.4 Å². The Hall–Kier alpha value is -1.88. The lowest BCUT2D eigenvalue weighted by molar-refractivity contribution is -0.143. The summed E-state index contributed by atoms with van der Waals surface area (Å²) < 4.78 is 9.90. The van der Waals surface area contributed by atoms with E-state index in [1.54, 1.807) is 13.8 Å². The summed E-state index contributed by atoms with van der Waals surface area (Å²) in [5.74, 6) is -0.423. The van der Waals surface area contributed by atoms with Crippen LogP contribution in [0.3, 0.4) is 0 Å². The van der Waals surface area contributed by atoms with Gasteiger partial charge in [-0.3, -0.25) is 14.5 Å². The van der Waals surface area contributed by atoms with Crippen molar-refractivity contribution in [2.45, 2.75) is 33.2 Å². The lowest BCUT2D eigenvalue weighted by atomic mass is 10.2. The maximum atomic E-state index is 11.5. The Morgan fingerprint density at radius 1 is 0.909 bits per heavy atom. The summed E-state index contributed by atoms with van der Waals surface area (Å²) in [5.41, 5.74) is 1.15. The van der Waals surface area contributed by atoms with Crippen molar-refractivity contribution in [1.82, 2.24) is 4.90 Å². The van der Waals surface area contributed by atoms with Crippen LogP contribution in [0.15, 0.2) is 30.3 Å². The molecule has 0 amide bonds. The highest BCUT2D eigenvalue weighted by molar-refractivity contribution is 5.70. The van der Waals surface area contributed by atoms with Crippen LogP contribution >= 0.6 is 0 Å². The zero-order valence-electron chi connectivity index (χ0n) is 13.4. The fourth-order valence-electron chi connectivity index (χ4n) is 2.08. The third kappa shape index (κ3) is 7.78. The molecule has 0 N–H and O–H groups in total. The smallest absolute Gasteiger partial charge is 0.307 e. The van der Waals surface area contributed by atoms with Gasteiger partial charge in [0.25, 0.3) is 0 Å². The van der Waals surface area contributed by atoms with Gasteiger partial charge >= 0.3 is 11.9 Å². The number of carbonyl (C=O) groups is 2. The van der Waals surface area contributed by atoms with Gasteiger partial charge in [-0.25, -0.2) is 0 Å². The van der Waals surface area contributed by atoms with Crippen LogP contribution in [0.2, 0.25) is 0 Å².